The Balaban J connectivity index is 1.15. The van der Waals surface area contributed by atoms with Gasteiger partial charge in [0.15, 0.2) is 17.5 Å². The van der Waals surface area contributed by atoms with Crippen LogP contribution in [0.15, 0.2) is 170 Å². The molecule has 0 fully saturated rings. The SMILES string of the molecule is c1ccc(-c2nc(-c3ccccc3)nc(-c3cccc(-c4ccc5c(c4)C4(c6ccccc6O5)c5ccccc5-c5ccccc54)n3)n2)cc1. The highest BCUT2D eigenvalue weighted by molar-refractivity contribution is 5.89. The van der Waals surface area contributed by atoms with Crippen LogP contribution < -0.4 is 4.74 Å². The molecule has 0 bridgehead atoms. The second-order valence-electron chi connectivity index (χ2n) is 12.6. The number of aromatic nitrogens is 4. The van der Waals surface area contributed by atoms with E-state index in [0.717, 1.165) is 45.0 Å². The summed E-state index contributed by atoms with van der Waals surface area (Å²) in [6, 6.07) is 58.4. The standard InChI is InChI=1S/C45H28N4O/c1-3-14-29(15-4-1)42-47-43(30-16-5-2-6-17-30)49-44(48-42)39-24-13-23-38(46-39)31-26-27-41-37(28-31)45(36-22-11-12-25-40(36)50-41)34-20-9-7-18-32(34)33-19-8-10-21-35(33)45/h1-28H. The van der Waals surface area contributed by atoms with Crippen molar-refractivity contribution in [1.82, 2.24) is 19.9 Å². The Kier molecular flexibility index (Phi) is 6.33. The van der Waals surface area contributed by atoms with E-state index in [9.17, 15) is 0 Å². The van der Waals surface area contributed by atoms with Gasteiger partial charge in [-0.25, -0.2) is 19.9 Å². The van der Waals surface area contributed by atoms with E-state index in [0.29, 0.717) is 23.2 Å². The normalized spacial score (nSPS) is 13.1. The summed E-state index contributed by atoms with van der Waals surface area (Å²) in [6.07, 6.45) is 0. The fourth-order valence-corrected chi connectivity index (χ4v) is 7.66. The molecule has 1 aliphatic carbocycles. The van der Waals surface area contributed by atoms with E-state index in [2.05, 4.69) is 84.9 Å². The summed E-state index contributed by atoms with van der Waals surface area (Å²) in [5, 5.41) is 0. The molecule has 1 aliphatic heterocycles. The van der Waals surface area contributed by atoms with E-state index in [1.165, 1.54) is 22.3 Å². The van der Waals surface area contributed by atoms with E-state index in [-0.39, 0.29) is 0 Å². The summed E-state index contributed by atoms with van der Waals surface area (Å²) in [4.78, 5) is 19.9. The minimum absolute atomic E-state index is 0.518. The molecule has 0 saturated carbocycles. The van der Waals surface area contributed by atoms with Gasteiger partial charge in [0.25, 0.3) is 0 Å². The van der Waals surface area contributed by atoms with Crippen molar-refractivity contribution in [2.45, 2.75) is 5.41 Å². The molecule has 8 aromatic rings. The largest absolute Gasteiger partial charge is 0.457 e. The van der Waals surface area contributed by atoms with Gasteiger partial charge in [-0.05, 0) is 58.7 Å². The molecule has 3 heterocycles. The summed E-state index contributed by atoms with van der Waals surface area (Å²) in [5.74, 6) is 3.44. The van der Waals surface area contributed by atoms with Crippen LogP contribution in [0.4, 0.5) is 0 Å². The first kappa shape index (κ1) is 28.3. The molecule has 0 atom stereocenters. The van der Waals surface area contributed by atoms with Gasteiger partial charge in [-0.1, -0.05) is 133 Å². The predicted molar refractivity (Wildman–Crippen MR) is 197 cm³/mol. The third-order valence-electron chi connectivity index (χ3n) is 9.82. The Morgan fingerprint density at radius 2 is 0.860 bits per heavy atom. The van der Waals surface area contributed by atoms with Crippen LogP contribution in [0, 0.1) is 0 Å². The van der Waals surface area contributed by atoms with E-state index in [4.69, 9.17) is 24.7 Å². The van der Waals surface area contributed by atoms with Crippen LogP contribution in [0.1, 0.15) is 22.3 Å². The van der Waals surface area contributed by atoms with Gasteiger partial charge in [-0.2, -0.15) is 0 Å². The third-order valence-corrected chi connectivity index (χ3v) is 9.82. The highest BCUT2D eigenvalue weighted by atomic mass is 16.5. The summed E-state index contributed by atoms with van der Waals surface area (Å²) in [6.45, 7) is 0. The number of hydrogen-bond donors (Lipinski definition) is 0. The number of ether oxygens (including phenoxy) is 1. The van der Waals surface area contributed by atoms with Gasteiger partial charge in [0.05, 0.1) is 11.1 Å². The lowest BCUT2D eigenvalue weighted by molar-refractivity contribution is 0.436. The lowest BCUT2D eigenvalue weighted by atomic mass is 9.66. The van der Waals surface area contributed by atoms with E-state index in [1.807, 2.05) is 84.9 Å². The number of rotatable bonds is 4. The number of pyridine rings is 1. The van der Waals surface area contributed by atoms with Crippen molar-refractivity contribution < 1.29 is 4.74 Å². The minimum atomic E-state index is -0.547. The number of para-hydroxylation sites is 1. The minimum Gasteiger partial charge on any atom is -0.457 e. The molecule has 1 spiro atoms. The summed E-state index contributed by atoms with van der Waals surface area (Å²) in [7, 11) is 0. The molecule has 50 heavy (non-hydrogen) atoms. The number of fused-ring (bicyclic) bond motifs is 9. The topological polar surface area (TPSA) is 60.8 Å². The predicted octanol–water partition coefficient (Wildman–Crippen LogP) is 10.4. The second-order valence-corrected chi connectivity index (χ2v) is 12.6. The van der Waals surface area contributed by atoms with Gasteiger partial charge >= 0.3 is 0 Å². The van der Waals surface area contributed by atoms with Crippen molar-refractivity contribution in [3.8, 4) is 68.2 Å². The molecule has 2 aliphatic rings. The van der Waals surface area contributed by atoms with Gasteiger partial charge < -0.3 is 4.74 Å². The highest BCUT2D eigenvalue weighted by Gasteiger charge is 2.51. The average molecular weight is 641 g/mol. The molecule has 0 N–H and O–H groups in total. The van der Waals surface area contributed by atoms with Crippen LogP contribution >= 0.6 is 0 Å². The van der Waals surface area contributed by atoms with Gasteiger partial charge in [0.2, 0.25) is 0 Å². The fraction of sp³-hybridized carbons (Fsp3) is 0.0222. The molecule has 5 nitrogen and oxygen atoms in total. The van der Waals surface area contributed by atoms with Crippen molar-refractivity contribution in [1.29, 1.82) is 0 Å². The molecular formula is C45H28N4O. The van der Waals surface area contributed by atoms with Crippen LogP contribution in [0.25, 0.3) is 56.7 Å². The first-order valence-corrected chi connectivity index (χ1v) is 16.7. The fourth-order valence-electron chi connectivity index (χ4n) is 7.66. The van der Waals surface area contributed by atoms with Crippen molar-refractivity contribution in [2.24, 2.45) is 0 Å². The molecular weight excluding hydrogens is 613 g/mol. The molecule has 10 rings (SSSR count). The van der Waals surface area contributed by atoms with Gasteiger partial charge in [0, 0.05) is 27.8 Å². The van der Waals surface area contributed by atoms with Crippen molar-refractivity contribution >= 4 is 0 Å². The second kappa shape index (κ2) is 11.2. The van der Waals surface area contributed by atoms with E-state index >= 15 is 0 Å². The van der Waals surface area contributed by atoms with Crippen LogP contribution in [0.2, 0.25) is 0 Å². The zero-order valence-corrected chi connectivity index (χ0v) is 26.9. The molecule has 234 valence electrons. The lowest BCUT2D eigenvalue weighted by Gasteiger charge is -2.39. The third kappa shape index (κ3) is 4.27. The summed E-state index contributed by atoms with van der Waals surface area (Å²) < 4.78 is 6.64. The van der Waals surface area contributed by atoms with E-state index < -0.39 is 5.41 Å². The monoisotopic (exact) mass is 640 g/mol. The number of nitrogens with zero attached hydrogens (tertiary/aromatic N) is 4. The number of hydrogen-bond acceptors (Lipinski definition) is 5. The number of benzene rings is 6. The van der Waals surface area contributed by atoms with Crippen molar-refractivity contribution in [3.63, 3.8) is 0 Å². The first-order valence-electron chi connectivity index (χ1n) is 16.7. The zero-order chi connectivity index (χ0) is 33.1. The van der Waals surface area contributed by atoms with Crippen molar-refractivity contribution in [3.05, 3.63) is 192 Å². The Morgan fingerprint density at radius 3 is 1.52 bits per heavy atom. The van der Waals surface area contributed by atoms with Crippen LogP contribution in [0.5, 0.6) is 11.5 Å². The Bertz CT molecular complexity index is 2480. The maximum Gasteiger partial charge on any atom is 0.182 e. The highest BCUT2D eigenvalue weighted by Crippen LogP contribution is 2.62. The Labute approximate surface area is 289 Å². The van der Waals surface area contributed by atoms with Gasteiger partial charge in [0.1, 0.15) is 17.2 Å². The molecule has 0 unspecified atom stereocenters. The van der Waals surface area contributed by atoms with Gasteiger partial charge in [-0.15, -0.1) is 0 Å². The van der Waals surface area contributed by atoms with Crippen LogP contribution in [-0.4, -0.2) is 19.9 Å². The van der Waals surface area contributed by atoms with Gasteiger partial charge in [-0.3, -0.25) is 0 Å². The Hall–Kier alpha value is -6.72. The molecule has 5 heteroatoms. The van der Waals surface area contributed by atoms with Crippen LogP contribution in [0.3, 0.4) is 0 Å². The summed E-state index contributed by atoms with van der Waals surface area (Å²) >= 11 is 0. The molecule has 0 saturated heterocycles. The smallest absolute Gasteiger partial charge is 0.182 e. The lowest BCUT2D eigenvalue weighted by Crippen LogP contribution is -2.32. The maximum absolute atomic E-state index is 6.64. The maximum atomic E-state index is 6.64. The molecule has 6 aromatic carbocycles. The van der Waals surface area contributed by atoms with E-state index in [1.54, 1.807) is 0 Å². The summed E-state index contributed by atoms with van der Waals surface area (Å²) in [5.41, 5.74) is 11.0. The Morgan fingerprint density at radius 1 is 0.340 bits per heavy atom. The quantitative estimate of drug-likeness (QED) is 0.192. The molecule has 0 amide bonds. The molecule has 0 radical (unpaired) electrons. The first-order chi connectivity index (χ1) is 24.8. The van der Waals surface area contributed by atoms with Crippen molar-refractivity contribution in [2.75, 3.05) is 0 Å². The van der Waals surface area contributed by atoms with Crippen LogP contribution in [-0.2, 0) is 5.41 Å². The molecule has 2 aromatic heterocycles. The zero-order valence-electron chi connectivity index (χ0n) is 26.9. The average Bonchev–Trinajstić information content (AvgIpc) is 3.49.